The van der Waals surface area contributed by atoms with Crippen LogP contribution in [0.15, 0.2) is 84.3 Å². The number of ether oxygens (including phenoxy) is 1. The number of piperazine rings is 1. The minimum Gasteiger partial charge on any atom is -0.469 e. The van der Waals surface area contributed by atoms with Gasteiger partial charge < -0.3 is 25.2 Å². The number of benzene rings is 2. The summed E-state index contributed by atoms with van der Waals surface area (Å²) in [6, 6.07) is 18.8. The molecule has 2 aromatic carbocycles. The van der Waals surface area contributed by atoms with Gasteiger partial charge in [0.05, 0.1) is 23.1 Å². The van der Waals surface area contributed by atoms with Gasteiger partial charge in [-0.3, -0.25) is 9.69 Å². The number of halogens is 4. The zero-order valence-electron chi connectivity index (χ0n) is 25.7. The second-order valence-corrected chi connectivity index (χ2v) is 11.9. The smallest absolute Gasteiger partial charge is 0.416 e. The lowest BCUT2D eigenvalue weighted by Gasteiger charge is -2.35. The quantitative estimate of drug-likeness (QED) is 0.302. The first-order valence-corrected chi connectivity index (χ1v) is 15.7. The lowest BCUT2D eigenvalue weighted by atomic mass is 9.99. The number of allylic oxidation sites excluding steroid dienone is 1. The van der Waals surface area contributed by atoms with E-state index in [4.69, 9.17) is 4.74 Å². The number of carbonyl (C=O) groups is 2. The molecule has 1 aromatic heterocycles. The molecule has 3 amide bonds. The molecule has 0 aliphatic carbocycles. The topological polar surface area (TPSA) is 90.0 Å². The number of para-hydroxylation sites is 1. The van der Waals surface area contributed by atoms with E-state index in [1.165, 1.54) is 23.9 Å². The van der Waals surface area contributed by atoms with E-state index in [0.29, 0.717) is 51.5 Å². The van der Waals surface area contributed by atoms with Gasteiger partial charge in [0.15, 0.2) is 12.0 Å². The molecule has 3 aromatic rings. The van der Waals surface area contributed by atoms with Gasteiger partial charge in [-0.25, -0.2) is 14.2 Å². The number of pyridine rings is 1. The molecule has 0 bridgehead atoms. The van der Waals surface area contributed by atoms with Crippen LogP contribution in [-0.2, 0) is 9.53 Å². The standard InChI is InChI=1S/C34H36F4N6O3/c35-27-10-4-5-11-28(27)41-33(46)43-19-17-42(18-20-43)29-14-13-25(21-39-29)40-32(45)31-26(34(36,37)38)9-6-12-30(47-31)44-16-15-24(22-44)23-7-2-1-3-8-23/h1-5,7-8,10-11,13-14,21,24,30H,6,9,12,15-20,22H2,(H,40,45)(H,41,46). The zero-order valence-corrected chi connectivity index (χ0v) is 25.7. The predicted octanol–water partition coefficient (Wildman–Crippen LogP) is 6.35. The summed E-state index contributed by atoms with van der Waals surface area (Å²) in [6.07, 6.45) is -2.79. The van der Waals surface area contributed by atoms with E-state index in [2.05, 4.69) is 27.8 Å². The van der Waals surface area contributed by atoms with Gasteiger partial charge in [-0.2, -0.15) is 13.2 Å². The maximum atomic E-state index is 14.1. The summed E-state index contributed by atoms with van der Waals surface area (Å²) >= 11 is 0. The molecule has 2 N–H and O–H groups in total. The molecule has 3 aliphatic heterocycles. The Hall–Kier alpha value is -4.65. The number of amides is 3. The molecular weight excluding hydrogens is 616 g/mol. The minimum atomic E-state index is -4.71. The van der Waals surface area contributed by atoms with E-state index in [9.17, 15) is 27.2 Å². The van der Waals surface area contributed by atoms with Crippen molar-refractivity contribution in [3.05, 3.63) is 95.6 Å². The summed E-state index contributed by atoms with van der Waals surface area (Å²) in [4.78, 5) is 35.9. The van der Waals surface area contributed by atoms with Gasteiger partial charge in [0.25, 0.3) is 5.91 Å². The maximum absolute atomic E-state index is 14.1. The van der Waals surface area contributed by atoms with Crippen molar-refractivity contribution in [2.45, 2.75) is 44.0 Å². The third kappa shape index (κ3) is 7.67. The Labute approximate surface area is 270 Å². The predicted molar refractivity (Wildman–Crippen MR) is 169 cm³/mol. The Bertz CT molecular complexity index is 1590. The molecule has 2 atom stereocenters. The summed E-state index contributed by atoms with van der Waals surface area (Å²) < 4.78 is 62.2. The number of likely N-dealkylation sites (tertiary alicyclic amines) is 1. The summed E-state index contributed by atoms with van der Waals surface area (Å²) in [6.45, 7) is 2.97. The molecule has 6 rings (SSSR count). The minimum absolute atomic E-state index is 0.106. The van der Waals surface area contributed by atoms with Crippen molar-refractivity contribution in [1.29, 1.82) is 0 Å². The number of hydrogen-bond acceptors (Lipinski definition) is 6. The number of rotatable bonds is 6. The highest BCUT2D eigenvalue weighted by atomic mass is 19.4. The van der Waals surface area contributed by atoms with Crippen molar-refractivity contribution >= 4 is 29.1 Å². The Balaban J connectivity index is 1.07. The fourth-order valence-corrected chi connectivity index (χ4v) is 6.33. The third-order valence-corrected chi connectivity index (χ3v) is 8.86. The van der Waals surface area contributed by atoms with Crippen LogP contribution >= 0.6 is 0 Å². The van der Waals surface area contributed by atoms with E-state index in [-0.39, 0.29) is 30.1 Å². The van der Waals surface area contributed by atoms with E-state index >= 15 is 0 Å². The number of nitrogens with one attached hydrogen (secondary N) is 2. The molecule has 3 aliphatic rings. The number of urea groups is 1. The molecule has 248 valence electrons. The van der Waals surface area contributed by atoms with Gasteiger partial charge in [0.2, 0.25) is 0 Å². The monoisotopic (exact) mass is 652 g/mol. The first-order valence-electron chi connectivity index (χ1n) is 15.7. The molecule has 2 unspecified atom stereocenters. The number of alkyl halides is 3. The van der Waals surface area contributed by atoms with Gasteiger partial charge in [-0.15, -0.1) is 0 Å². The van der Waals surface area contributed by atoms with Crippen LogP contribution in [-0.4, -0.2) is 78.4 Å². The first-order chi connectivity index (χ1) is 22.7. The van der Waals surface area contributed by atoms with E-state index in [0.717, 1.165) is 6.42 Å². The lowest BCUT2D eigenvalue weighted by Crippen LogP contribution is -2.50. The maximum Gasteiger partial charge on any atom is 0.416 e. The largest absolute Gasteiger partial charge is 0.469 e. The Morgan fingerprint density at radius 3 is 2.32 bits per heavy atom. The fraction of sp³-hybridized carbons (Fsp3) is 0.382. The van der Waals surface area contributed by atoms with E-state index < -0.39 is 41.5 Å². The first kappa shape index (κ1) is 32.3. The van der Waals surface area contributed by atoms with Crippen LogP contribution in [0.4, 0.5) is 39.5 Å². The normalized spacial score (nSPS) is 20.9. The molecule has 0 saturated carbocycles. The van der Waals surface area contributed by atoms with Gasteiger partial charge in [0, 0.05) is 39.3 Å². The molecule has 9 nitrogen and oxygen atoms in total. The molecule has 2 fully saturated rings. The van der Waals surface area contributed by atoms with Gasteiger partial charge in [-0.05, 0) is 61.4 Å². The summed E-state index contributed by atoms with van der Waals surface area (Å²) in [5.74, 6) is -1.35. The van der Waals surface area contributed by atoms with Gasteiger partial charge in [0.1, 0.15) is 11.6 Å². The highest BCUT2D eigenvalue weighted by Crippen LogP contribution is 2.38. The van der Waals surface area contributed by atoms with Crippen LogP contribution in [0, 0.1) is 5.82 Å². The average Bonchev–Trinajstić information content (AvgIpc) is 3.45. The van der Waals surface area contributed by atoms with Crippen molar-refractivity contribution in [2.24, 2.45) is 0 Å². The summed E-state index contributed by atoms with van der Waals surface area (Å²) in [5.41, 5.74) is 0.550. The van der Waals surface area contributed by atoms with Crippen LogP contribution in [0.25, 0.3) is 0 Å². The van der Waals surface area contributed by atoms with Crippen LogP contribution < -0.4 is 15.5 Å². The second-order valence-electron chi connectivity index (χ2n) is 11.9. The van der Waals surface area contributed by atoms with Gasteiger partial charge >= 0.3 is 12.2 Å². The molecule has 0 spiro atoms. The fourth-order valence-electron chi connectivity index (χ4n) is 6.33. The molecule has 47 heavy (non-hydrogen) atoms. The lowest BCUT2D eigenvalue weighted by molar-refractivity contribution is -0.123. The number of anilines is 3. The van der Waals surface area contributed by atoms with Crippen molar-refractivity contribution < 1.29 is 31.9 Å². The molecule has 13 heteroatoms. The van der Waals surface area contributed by atoms with Crippen LogP contribution in [0.3, 0.4) is 0 Å². The third-order valence-electron chi connectivity index (χ3n) is 8.86. The number of hydrogen-bond donors (Lipinski definition) is 2. The van der Waals surface area contributed by atoms with Crippen molar-refractivity contribution in [1.82, 2.24) is 14.8 Å². The number of carbonyl (C=O) groups excluding carboxylic acids is 2. The SMILES string of the molecule is O=C(Nc1ccc(N2CCN(C(=O)Nc3ccccc3F)CC2)nc1)C1=C(C(F)(F)F)CCCC(N2CCC(c3ccccc3)C2)O1. The van der Waals surface area contributed by atoms with Crippen molar-refractivity contribution in [3.63, 3.8) is 0 Å². The zero-order chi connectivity index (χ0) is 33.0. The highest BCUT2D eigenvalue weighted by molar-refractivity contribution is 6.03. The Kier molecular flexibility index (Phi) is 9.62. The Morgan fingerprint density at radius 1 is 0.872 bits per heavy atom. The van der Waals surface area contributed by atoms with E-state index in [1.807, 2.05) is 28.0 Å². The number of aromatic nitrogens is 1. The molecule has 0 radical (unpaired) electrons. The van der Waals surface area contributed by atoms with E-state index in [1.54, 1.807) is 29.2 Å². The average molecular weight is 653 g/mol. The summed E-state index contributed by atoms with van der Waals surface area (Å²) in [7, 11) is 0. The van der Waals surface area contributed by atoms with Crippen LogP contribution in [0.5, 0.6) is 0 Å². The molecule has 2 saturated heterocycles. The van der Waals surface area contributed by atoms with Crippen molar-refractivity contribution in [2.75, 3.05) is 54.8 Å². The van der Waals surface area contributed by atoms with Crippen LogP contribution in [0.2, 0.25) is 0 Å². The molecule has 4 heterocycles. The highest BCUT2D eigenvalue weighted by Gasteiger charge is 2.42. The van der Waals surface area contributed by atoms with Crippen molar-refractivity contribution in [3.8, 4) is 0 Å². The molecular formula is C34H36F4N6O3. The van der Waals surface area contributed by atoms with Crippen LogP contribution in [0.1, 0.15) is 37.2 Å². The summed E-state index contributed by atoms with van der Waals surface area (Å²) in [5, 5.41) is 5.14. The van der Waals surface area contributed by atoms with Gasteiger partial charge in [-0.1, -0.05) is 42.5 Å². The number of nitrogens with zero attached hydrogens (tertiary/aromatic N) is 4. The second kappa shape index (κ2) is 14.0. The Morgan fingerprint density at radius 2 is 1.62 bits per heavy atom.